The maximum Gasteiger partial charge on any atom is 0.0771 e. The van der Waals surface area contributed by atoms with Crippen LogP contribution < -0.4 is 5.32 Å². The fraction of sp³-hybridized carbons (Fsp3) is 0.786. The molecule has 1 saturated carbocycles. The molecule has 4 nitrogen and oxygen atoms in total. The summed E-state index contributed by atoms with van der Waals surface area (Å²) in [6, 6.07) is 2.14. The Kier molecular flexibility index (Phi) is 4.40. The number of hydrogen-bond acceptors (Lipinski definition) is 3. The van der Waals surface area contributed by atoms with E-state index in [1.807, 2.05) is 11.7 Å². The lowest BCUT2D eigenvalue weighted by atomic mass is 9.85. The number of aryl methyl sites for hydroxylation is 2. The molecule has 2 N–H and O–H groups in total. The van der Waals surface area contributed by atoms with Crippen molar-refractivity contribution in [2.75, 3.05) is 6.54 Å². The van der Waals surface area contributed by atoms with Crippen molar-refractivity contribution in [1.29, 1.82) is 0 Å². The molecule has 1 fully saturated rings. The molecule has 0 unspecified atom stereocenters. The van der Waals surface area contributed by atoms with Crippen molar-refractivity contribution in [2.24, 2.45) is 7.05 Å². The van der Waals surface area contributed by atoms with Crippen LogP contribution in [0.2, 0.25) is 0 Å². The van der Waals surface area contributed by atoms with Gasteiger partial charge >= 0.3 is 0 Å². The zero-order valence-electron chi connectivity index (χ0n) is 11.6. The molecule has 0 aromatic carbocycles. The second kappa shape index (κ2) is 5.85. The molecule has 1 aliphatic rings. The Balaban J connectivity index is 1.82. The van der Waals surface area contributed by atoms with Gasteiger partial charge in [-0.3, -0.25) is 4.68 Å². The smallest absolute Gasteiger partial charge is 0.0771 e. The average Bonchev–Trinajstić information content (AvgIpc) is 2.71. The molecule has 0 aliphatic heterocycles. The zero-order valence-corrected chi connectivity index (χ0v) is 11.6. The molecular formula is C14H25N3O. The van der Waals surface area contributed by atoms with E-state index in [1.54, 1.807) is 0 Å². The Morgan fingerprint density at radius 2 is 2.11 bits per heavy atom. The lowest BCUT2D eigenvalue weighted by Crippen LogP contribution is -2.42. The molecule has 0 atom stereocenters. The van der Waals surface area contributed by atoms with E-state index in [0.29, 0.717) is 6.54 Å². The molecular weight excluding hydrogens is 226 g/mol. The Labute approximate surface area is 109 Å². The summed E-state index contributed by atoms with van der Waals surface area (Å²) in [5, 5.41) is 18.2. The highest BCUT2D eigenvalue weighted by atomic mass is 16.3. The number of nitrogens with one attached hydrogen (secondary N) is 1. The van der Waals surface area contributed by atoms with Gasteiger partial charge in [0.05, 0.1) is 17.0 Å². The molecule has 0 bridgehead atoms. The summed E-state index contributed by atoms with van der Waals surface area (Å²) in [5.74, 6) is 0. The van der Waals surface area contributed by atoms with Crippen LogP contribution in [0.1, 0.15) is 50.4 Å². The van der Waals surface area contributed by atoms with Gasteiger partial charge in [0.1, 0.15) is 0 Å². The van der Waals surface area contributed by atoms with E-state index in [-0.39, 0.29) is 0 Å². The highest BCUT2D eigenvalue weighted by molar-refractivity contribution is 5.10. The van der Waals surface area contributed by atoms with E-state index in [4.69, 9.17) is 0 Å². The summed E-state index contributed by atoms with van der Waals surface area (Å²) < 4.78 is 1.93. The van der Waals surface area contributed by atoms with Gasteiger partial charge in [0, 0.05) is 20.1 Å². The molecule has 4 heteroatoms. The van der Waals surface area contributed by atoms with E-state index in [2.05, 4.69) is 23.4 Å². The van der Waals surface area contributed by atoms with E-state index >= 15 is 0 Å². The van der Waals surface area contributed by atoms with Gasteiger partial charge in [-0.05, 0) is 25.3 Å². The minimum atomic E-state index is -0.482. The van der Waals surface area contributed by atoms with E-state index in [0.717, 1.165) is 44.3 Å². The van der Waals surface area contributed by atoms with Crippen LogP contribution in [0.25, 0.3) is 0 Å². The van der Waals surface area contributed by atoms with Crippen LogP contribution in [-0.4, -0.2) is 27.0 Å². The molecule has 0 amide bonds. The molecule has 0 spiro atoms. The largest absolute Gasteiger partial charge is 0.389 e. The normalized spacial score (nSPS) is 19.1. The Morgan fingerprint density at radius 1 is 1.39 bits per heavy atom. The Hall–Kier alpha value is -0.870. The van der Waals surface area contributed by atoms with Crippen LogP contribution in [0.15, 0.2) is 6.07 Å². The van der Waals surface area contributed by atoms with Crippen molar-refractivity contribution in [3.05, 3.63) is 17.5 Å². The van der Waals surface area contributed by atoms with E-state index in [1.165, 1.54) is 12.1 Å². The summed E-state index contributed by atoms with van der Waals surface area (Å²) in [4.78, 5) is 0. The van der Waals surface area contributed by atoms with Crippen molar-refractivity contribution < 1.29 is 5.11 Å². The summed E-state index contributed by atoms with van der Waals surface area (Å²) in [6.45, 7) is 3.59. The third kappa shape index (κ3) is 3.33. The molecule has 1 aromatic heterocycles. The van der Waals surface area contributed by atoms with Crippen molar-refractivity contribution in [3.8, 4) is 0 Å². The topological polar surface area (TPSA) is 50.1 Å². The van der Waals surface area contributed by atoms with Crippen LogP contribution in [0.3, 0.4) is 0 Å². The summed E-state index contributed by atoms with van der Waals surface area (Å²) in [7, 11) is 1.98. The monoisotopic (exact) mass is 251 g/mol. The first kappa shape index (κ1) is 13.6. The van der Waals surface area contributed by atoms with Gasteiger partial charge in [0.15, 0.2) is 0 Å². The number of rotatable bonds is 5. The van der Waals surface area contributed by atoms with Gasteiger partial charge in [-0.25, -0.2) is 0 Å². The Bertz CT molecular complexity index is 380. The molecule has 18 heavy (non-hydrogen) atoms. The van der Waals surface area contributed by atoms with Crippen molar-refractivity contribution in [3.63, 3.8) is 0 Å². The van der Waals surface area contributed by atoms with Gasteiger partial charge < -0.3 is 10.4 Å². The van der Waals surface area contributed by atoms with Gasteiger partial charge in [-0.2, -0.15) is 5.10 Å². The van der Waals surface area contributed by atoms with Crippen LogP contribution in [0.5, 0.6) is 0 Å². The summed E-state index contributed by atoms with van der Waals surface area (Å²) in [6.07, 6.45) is 6.42. The lowest BCUT2D eigenvalue weighted by Gasteiger charge is -2.32. The van der Waals surface area contributed by atoms with Gasteiger partial charge in [-0.15, -0.1) is 0 Å². The first-order chi connectivity index (χ1) is 8.63. The van der Waals surface area contributed by atoms with Crippen LogP contribution >= 0.6 is 0 Å². The minimum Gasteiger partial charge on any atom is -0.389 e. The molecule has 2 rings (SSSR count). The van der Waals surface area contributed by atoms with Gasteiger partial charge in [0.25, 0.3) is 0 Å². The maximum absolute atomic E-state index is 10.4. The SMILES string of the molecule is CCc1cc(CNCC2(O)CCCCC2)n(C)n1. The quantitative estimate of drug-likeness (QED) is 0.838. The van der Waals surface area contributed by atoms with Crippen molar-refractivity contribution in [2.45, 2.75) is 57.6 Å². The predicted octanol–water partition coefficient (Wildman–Crippen LogP) is 1.77. The predicted molar refractivity (Wildman–Crippen MR) is 72.3 cm³/mol. The number of hydrogen-bond donors (Lipinski definition) is 2. The molecule has 0 saturated heterocycles. The lowest BCUT2D eigenvalue weighted by molar-refractivity contribution is 0.00456. The maximum atomic E-state index is 10.4. The van der Waals surface area contributed by atoms with Crippen LogP contribution in [0, 0.1) is 0 Å². The van der Waals surface area contributed by atoms with E-state index in [9.17, 15) is 5.11 Å². The number of aliphatic hydroxyl groups is 1. The average molecular weight is 251 g/mol. The highest BCUT2D eigenvalue weighted by Gasteiger charge is 2.28. The second-order valence-corrected chi connectivity index (χ2v) is 5.49. The summed E-state index contributed by atoms with van der Waals surface area (Å²) in [5.41, 5.74) is 1.83. The number of nitrogens with zero attached hydrogens (tertiary/aromatic N) is 2. The molecule has 1 heterocycles. The molecule has 0 radical (unpaired) electrons. The van der Waals surface area contributed by atoms with Gasteiger partial charge in [-0.1, -0.05) is 26.2 Å². The van der Waals surface area contributed by atoms with Crippen molar-refractivity contribution in [1.82, 2.24) is 15.1 Å². The standard InChI is InChI=1S/C14H25N3O/c1-3-12-9-13(17(2)16-12)10-15-11-14(18)7-5-4-6-8-14/h9,15,18H,3-8,10-11H2,1-2H3. The minimum absolute atomic E-state index is 0.482. The molecule has 1 aromatic rings. The highest BCUT2D eigenvalue weighted by Crippen LogP contribution is 2.27. The first-order valence-corrected chi connectivity index (χ1v) is 7.08. The van der Waals surface area contributed by atoms with Gasteiger partial charge in [0.2, 0.25) is 0 Å². The van der Waals surface area contributed by atoms with Crippen LogP contribution in [0.4, 0.5) is 0 Å². The molecule has 1 aliphatic carbocycles. The molecule has 102 valence electrons. The fourth-order valence-corrected chi connectivity index (χ4v) is 2.72. The Morgan fingerprint density at radius 3 is 2.72 bits per heavy atom. The zero-order chi connectivity index (χ0) is 13.0. The van der Waals surface area contributed by atoms with Crippen molar-refractivity contribution >= 4 is 0 Å². The first-order valence-electron chi connectivity index (χ1n) is 7.08. The number of aromatic nitrogens is 2. The third-order valence-electron chi connectivity index (χ3n) is 3.93. The fourth-order valence-electron chi connectivity index (χ4n) is 2.72. The second-order valence-electron chi connectivity index (χ2n) is 5.49. The van der Waals surface area contributed by atoms with Crippen LogP contribution in [-0.2, 0) is 20.0 Å². The third-order valence-corrected chi connectivity index (χ3v) is 3.93. The van der Waals surface area contributed by atoms with E-state index < -0.39 is 5.60 Å². The summed E-state index contributed by atoms with van der Waals surface area (Å²) >= 11 is 0.